The van der Waals surface area contributed by atoms with Crippen molar-refractivity contribution in [2.24, 2.45) is 0 Å². The summed E-state index contributed by atoms with van der Waals surface area (Å²) in [6.45, 7) is 7.63. The Balaban J connectivity index is 1.67. The predicted molar refractivity (Wildman–Crippen MR) is 173 cm³/mol. The minimum atomic E-state index is -0.872. The maximum atomic E-state index is 14.0. The van der Waals surface area contributed by atoms with Gasteiger partial charge in [-0.15, -0.1) is 6.58 Å². The van der Waals surface area contributed by atoms with E-state index in [4.69, 9.17) is 14.2 Å². The molecule has 234 valence electrons. The number of ether oxygens (including phenoxy) is 3. The first-order chi connectivity index (χ1) is 21.6. The molecule has 3 aromatic rings. The molecule has 1 aliphatic rings. The van der Waals surface area contributed by atoms with Crippen LogP contribution in [0.3, 0.4) is 0 Å². The maximum Gasteiger partial charge on any atom is 0.245 e. The van der Waals surface area contributed by atoms with Gasteiger partial charge < -0.3 is 24.4 Å². The molecule has 7 nitrogen and oxygen atoms in total. The number of benzene rings is 3. The van der Waals surface area contributed by atoms with Crippen molar-refractivity contribution in [3.63, 3.8) is 0 Å². The number of hydrogen-bond donors (Lipinski definition) is 1. The molecule has 0 saturated carbocycles. The van der Waals surface area contributed by atoms with E-state index in [1.165, 1.54) is 0 Å². The molecular formula is C37H46N2O5. The van der Waals surface area contributed by atoms with Crippen molar-refractivity contribution in [2.45, 2.75) is 83.1 Å². The fraction of sp³-hybridized carbons (Fsp3) is 0.405. The summed E-state index contributed by atoms with van der Waals surface area (Å²) in [4.78, 5) is 29.6. The van der Waals surface area contributed by atoms with Crippen molar-refractivity contribution in [2.75, 3.05) is 13.2 Å². The summed E-state index contributed by atoms with van der Waals surface area (Å²) in [5.41, 5.74) is 3.00. The molecule has 0 spiro atoms. The van der Waals surface area contributed by atoms with Crippen molar-refractivity contribution in [3.8, 4) is 0 Å². The molecule has 44 heavy (non-hydrogen) atoms. The van der Waals surface area contributed by atoms with Crippen LogP contribution < -0.4 is 5.32 Å². The van der Waals surface area contributed by atoms with Gasteiger partial charge in [-0.1, -0.05) is 117 Å². The second-order valence-electron chi connectivity index (χ2n) is 11.2. The third-order valence-corrected chi connectivity index (χ3v) is 7.84. The molecule has 1 saturated heterocycles. The molecule has 4 atom stereocenters. The lowest BCUT2D eigenvalue weighted by atomic mass is 10.1. The molecule has 0 aromatic heterocycles. The highest BCUT2D eigenvalue weighted by molar-refractivity contribution is 5.89. The topological polar surface area (TPSA) is 77.1 Å². The second kappa shape index (κ2) is 18.1. The van der Waals surface area contributed by atoms with E-state index in [2.05, 4.69) is 18.8 Å². The largest absolute Gasteiger partial charge is 0.375 e. The number of unbranched alkanes of at least 4 members (excludes halogenated alkanes) is 2. The number of hydrogen-bond acceptors (Lipinski definition) is 5. The van der Waals surface area contributed by atoms with Gasteiger partial charge in [-0.25, -0.2) is 0 Å². The molecule has 7 heteroatoms. The molecule has 0 bridgehead atoms. The minimum absolute atomic E-state index is 0.147. The van der Waals surface area contributed by atoms with Crippen LogP contribution in [0, 0.1) is 0 Å². The summed E-state index contributed by atoms with van der Waals surface area (Å²) in [5, 5.41) is 3.10. The molecular weight excluding hydrogens is 552 g/mol. The van der Waals surface area contributed by atoms with Gasteiger partial charge in [0.2, 0.25) is 11.8 Å². The van der Waals surface area contributed by atoms with Gasteiger partial charge in [0.15, 0.2) is 0 Å². The van der Waals surface area contributed by atoms with Crippen LogP contribution in [0.4, 0.5) is 0 Å². The zero-order valence-electron chi connectivity index (χ0n) is 25.8. The van der Waals surface area contributed by atoms with E-state index in [9.17, 15) is 9.59 Å². The van der Waals surface area contributed by atoms with E-state index in [1.54, 1.807) is 11.0 Å². The number of rotatable bonds is 18. The van der Waals surface area contributed by atoms with Crippen LogP contribution in [-0.2, 0) is 43.6 Å². The van der Waals surface area contributed by atoms with Gasteiger partial charge in [-0.2, -0.15) is 0 Å². The molecule has 3 aromatic carbocycles. The average Bonchev–Trinajstić information content (AvgIpc) is 3.38. The van der Waals surface area contributed by atoms with Gasteiger partial charge in [-0.3, -0.25) is 9.59 Å². The molecule has 1 N–H and O–H groups in total. The van der Waals surface area contributed by atoms with E-state index < -0.39 is 24.3 Å². The molecule has 1 fully saturated rings. The number of allylic oxidation sites excluding steroid dienone is 1. The molecule has 4 rings (SSSR count). The lowest BCUT2D eigenvalue weighted by molar-refractivity contribution is -0.144. The molecule has 0 aliphatic carbocycles. The Morgan fingerprint density at radius 2 is 1.34 bits per heavy atom. The maximum absolute atomic E-state index is 14.0. The first-order valence-corrected chi connectivity index (χ1v) is 15.7. The van der Waals surface area contributed by atoms with Crippen LogP contribution in [0.2, 0.25) is 0 Å². The summed E-state index contributed by atoms with van der Waals surface area (Å²) in [6.07, 6.45) is 4.08. The number of carbonyl (C=O) groups is 2. The molecule has 1 heterocycles. The highest BCUT2D eigenvalue weighted by Crippen LogP contribution is 2.33. The minimum Gasteiger partial charge on any atom is -0.375 e. The van der Waals surface area contributed by atoms with Gasteiger partial charge in [0.05, 0.1) is 32.5 Å². The number of likely N-dealkylation sites (tertiary alicyclic amines) is 1. The van der Waals surface area contributed by atoms with Crippen LogP contribution in [0.5, 0.6) is 0 Å². The smallest absolute Gasteiger partial charge is 0.245 e. The third kappa shape index (κ3) is 9.61. The number of carbonyl (C=O) groups excluding carboxylic acids is 2. The summed E-state index contributed by atoms with van der Waals surface area (Å²) in [6, 6.07) is 28.3. The normalized spacial score (nSPS) is 19.5. The average molecular weight is 599 g/mol. The Hall–Kier alpha value is -3.78. The fourth-order valence-electron chi connectivity index (χ4n) is 5.56. The fourth-order valence-corrected chi connectivity index (χ4v) is 5.56. The lowest BCUT2D eigenvalue weighted by Crippen LogP contribution is -2.53. The Morgan fingerprint density at radius 1 is 0.795 bits per heavy atom. The Morgan fingerprint density at radius 3 is 1.89 bits per heavy atom. The van der Waals surface area contributed by atoms with Crippen LogP contribution >= 0.6 is 0 Å². The molecule has 1 aliphatic heterocycles. The summed E-state index contributed by atoms with van der Waals surface area (Å²) >= 11 is 0. The molecule has 0 radical (unpaired) electrons. The van der Waals surface area contributed by atoms with Crippen LogP contribution in [0.1, 0.15) is 55.7 Å². The van der Waals surface area contributed by atoms with Crippen molar-refractivity contribution in [3.05, 3.63) is 120 Å². The van der Waals surface area contributed by atoms with Crippen molar-refractivity contribution < 1.29 is 23.8 Å². The van der Waals surface area contributed by atoms with Gasteiger partial charge >= 0.3 is 0 Å². The highest BCUT2D eigenvalue weighted by Gasteiger charge is 2.55. The van der Waals surface area contributed by atoms with Crippen LogP contribution in [0.15, 0.2) is 104 Å². The zero-order chi connectivity index (χ0) is 31.0. The van der Waals surface area contributed by atoms with E-state index >= 15 is 0 Å². The SMILES string of the molecule is C=CCCC(=O)N1[C@H](COCc2ccccc2)[C@H](OCc2ccccc2)[C@H](OCc2ccccc2)[C@H]1C(=O)NCCCCC. The monoisotopic (exact) mass is 598 g/mol. The van der Waals surface area contributed by atoms with E-state index in [0.717, 1.165) is 36.0 Å². The van der Waals surface area contributed by atoms with Crippen LogP contribution in [-0.4, -0.2) is 54.2 Å². The van der Waals surface area contributed by atoms with Crippen molar-refractivity contribution >= 4 is 11.8 Å². The van der Waals surface area contributed by atoms with Gasteiger partial charge in [0.1, 0.15) is 18.2 Å². The first kappa shape index (κ1) is 33.1. The predicted octanol–water partition coefficient (Wildman–Crippen LogP) is 6.23. The Labute approximate surface area is 262 Å². The summed E-state index contributed by atoms with van der Waals surface area (Å²) < 4.78 is 19.4. The van der Waals surface area contributed by atoms with Crippen LogP contribution in [0.25, 0.3) is 0 Å². The number of amides is 2. The standard InChI is InChI=1S/C37H46N2O5/c1-3-5-16-24-38-37(41)34-36(44-27-31-21-14-9-15-22-31)35(43-26-30-19-12-8-13-20-30)32(39(34)33(40)23-6-4-2)28-42-25-29-17-10-7-11-18-29/h4,7-15,17-22,32,34-36H,2-3,5-6,16,23-28H2,1H3,(H,38,41)/t32-,34+,35+,36-/m1/s1. The van der Waals surface area contributed by atoms with Crippen molar-refractivity contribution in [1.29, 1.82) is 0 Å². The van der Waals surface area contributed by atoms with E-state index in [1.807, 2.05) is 91.0 Å². The third-order valence-electron chi connectivity index (χ3n) is 7.84. The summed E-state index contributed by atoms with van der Waals surface area (Å²) in [7, 11) is 0. The van der Waals surface area contributed by atoms with E-state index in [-0.39, 0.29) is 31.4 Å². The lowest BCUT2D eigenvalue weighted by Gasteiger charge is -2.31. The Kier molecular flexibility index (Phi) is 13.6. The van der Waals surface area contributed by atoms with Gasteiger partial charge in [-0.05, 0) is 29.5 Å². The number of nitrogens with zero attached hydrogens (tertiary/aromatic N) is 1. The van der Waals surface area contributed by atoms with E-state index in [0.29, 0.717) is 26.2 Å². The van der Waals surface area contributed by atoms with Crippen molar-refractivity contribution in [1.82, 2.24) is 10.2 Å². The van der Waals surface area contributed by atoms with Gasteiger partial charge in [0.25, 0.3) is 0 Å². The Bertz CT molecular complexity index is 1270. The highest BCUT2D eigenvalue weighted by atomic mass is 16.5. The number of nitrogens with one attached hydrogen (secondary N) is 1. The molecule has 0 unspecified atom stereocenters. The quantitative estimate of drug-likeness (QED) is 0.139. The summed E-state index contributed by atoms with van der Waals surface area (Å²) in [5.74, 6) is -0.379. The van der Waals surface area contributed by atoms with Gasteiger partial charge in [0, 0.05) is 13.0 Å². The molecule has 2 amide bonds. The second-order valence-corrected chi connectivity index (χ2v) is 11.2. The zero-order valence-corrected chi connectivity index (χ0v) is 25.8. The first-order valence-electron chi connectivity index (χ1n) is 15.7.